The quantitative estimate of drug-likeness (QED) is 0.832. The molecule has 0 bridgehead atoms. The molecular formula is C16H18ClNO. The molecule has 1 heterocycles. The molecule has 0 spiro atoms. The van der Waals surface area contributed by atoms with Gasteiger partial charge in [0.2, 0.25) is 0 Å². The molecular weight excluding hydrogens is 258 g/mol. The molecule has 2 aromatic rings. The maximum atomic E-state index is 10.1. The van der Waals surface area contributed by atoms with Crippen LogP contribution in [0.1, 0.15) is 41.5 Å². The Bertz CT molecular complexity index is 630. The standard InChI is InChI=1S/C16H18ClNO/c1-10-8-12(17)6-7-14(10)18-11(2)9-13-15(18)4-3-5-16(13)19/h6-9,16,19H,3-5H2,1-2H3. The van der Waals surface area contributed by atoms with Crippen molar-refractivity contribution >= 4 is 11.6 Å². The van der Waals surface area contributed by atoms with E-state index in [0.717, 1.165) is 41.1 Å². The van der Waals surface area contributed by atoms with E-state index in [0.29, 0.717) is 0 Å². The highest BCUT2D eigenvalue weighted by Crippen LogP contribution is 2.34. The summed E-state index contributed by atoms with van der Waals surface area (Å²) < 4.78 is 2.27. The van der Waals surface area contributed by atoms with Crippen LogP contribution in [0, 0.1) is 13.8 Å². The molecule has 0 fully saturated rings. The van der Waals surface area contributed by atoms with Crippen LogP contribution in [-0.2, 0) is 6.42 Å². The Hall–Kier alpha value is -1.25. The number of aliphatic hydroxyl groups is 1. The number of hydrogen-bond acceptors (Lipinski definition) is 1. The number of fused-ring (bicyclic) bond motifs is 1. The van der Waals surface area contributed by atoms with E-state index in [4.69, 9.17) is 11.6 Å². The van der Waals surface area contributed by atoms with E-state index < -0.39 is 0 Å². The summed E-state index contributed by atoms with van der Waals surface area (Å²) in [5.41, 5.74) is 5.85. The molecule has 3 heteroatoms. The SMILES string of the molecule is Cc1cc(Cl)ccc1-n1c(C)cc2c1CCCC2O. The van der Waals surface area contributed by atoms with Gasteiger partial charge in [-0.15, -0.1) is 0 Å². The number of aryl methyl sites for hydroxylation is 2. The molecule has 1 unspecified atom stereocenters. The zero-order valence-corrected chi connectivity index (χ0v) is 12.0. The lowest BCUT2D eigenvalue weighted by Crippen LogP contribution is -2.12. The Kier molecular flexibility index (Phi) is 3.15. The molecule has 2 nitrogen and oxygen atoms in total. The van der Waals surface area contributed by atoms with Gasteiger partial charge in [0, 0.05) is 27.7 Å². The Balaban J connectivity index is 2.20. The number of aliphatic hydroxyl groups excluding tert-OH is 1. The van der Waals surface area contributed by atoms with Gasteiger partial charge in [-0.2, -0.15) is 0 Å². The number of halogens is 1. The number of benzene rings is 1. The molecule has 0 radical (unpaired) electrons. The van der Waals surface area contributed by atoms with E-state index in [1.807, 2.05) is 12.1 Å². The molecule has 100 valence electrons. The van der Waals surface area contributed by atoms with Crippen molar-refractivity contribution in [1.82, 2.24) is 4.57 Å². The summed E-state index contributed by atoms with van der Waals surface area (Å²) in [7, 11) is 0. The third-order valence-corrected chi connectivity index (χ3v) is 4.21. The minimum absolute atomic E-state index is 0.309. The monoisotopic (exact) mass is 275 g/mol. The lowest BCUT2D eigenvalue weighted by atomic mass is 9.95. The van der Waals surface area contributed by atoms with Gasteiger partial charge in [0.25, 0.3) is 0 Å². The highest BCUT2D eigenvalue weighted by molar-refractivity contribution is 6.30. The minimum atomic E-state index is -0.309. The zero-order valence-electron chi connectivity index (χ0n) is 11.3. The summed E-state index contributed by atoms with van der Waals surface area (Å²) in [5, 5.41) is 10.9. The van der Waals surface area contributed by atoms with Crippen LogP contribution in [0.5, 0.6) is 0 Å². The van der Waals surface area contributed by atoms with E-state index in [9.17, 15) is 5.11 Å². The van der Waals surface area contributed by atoms with Gasteiger partial charge in [-0.1, -0.05) is 11.6 Å². The normalized spacial score (nSPS) is 18.4. The minimum Gasteiger partial charge on any atom is -0.388 e. The van der Waals surface area contributed by atoms with Crippen molar-refractivity contribution < 1.29 is 5.11 Å². The average molecular weight is 276 g/mol. The van der Waals surface area contributed by atoms with Crippen LogP contribution in [-0.4, -0.2) is 9.67 Å². The van der Waals surface area contributed by atoms with Crippen LogP contribution < -0.4 is 0 Å². The van der Waals surface area contributed by atoms with Gasteiger partial charge in [0.05, 0.1) is 6.10 Å². The Morgan fingerprint density at radius 3 is 2.79 bits per heavy atom. The highest BCUT2D eigenvalue weighted by atomic mass is 35.5. The largest absolute Gasteiger partial charge is 0.388 e. The van der Waals surface area contributed by atoms with Crippen LogP contribution in [0.2, 0.25) is 5.02 Å². The summed E-state index contributed by atoms with van der Waals surface area (Å²) in [6, 6.07) is 8.09. The molecule has 0 amide bonds. The van der Waals surface area contributed by atoms with Crippen LogP contribution in [0.3, 0.4) is 0 Å². The number of nitrogens with zero attached hydrogens (tertiary/aromatic N) is 1. The molecule has 19 heavy (non-hydrogen) atoms. The van der Waals surface area contributed by atoms with E-state index in [-0.39, 0.29) is 6.10 Å². The summed E-state index contributed by atoms with van der Waals surface area (Å²) in [5.74, 6) is 0. The van der Waals surface area contributed by atoms with Crippen molar-refractivity contribution in [3.63, 3.8) is 0 Å². The van der Waals surface area contributed by atoms with Crippen molar-refractivity contribution in [3.05, 3.63) is 51.8 Å². The Labute approximate surface area is 118 Å². The molecule has 0 aliphatic heterocycles. The number of aromatic nitrogens is 1. The van der Waals surface area contributed by atoms with Crippen molar-refractivity contribution in [1.29, 1.82) is 0 Å². The van der Waals surface area contributed by atoms with Crippen molar-refractivity contribution in [2.24, 2.45) is 0 Å². The molecule has 1 aliphatic carbocycles. The summed E-state index contributed by atoms with van der Waals surface area (Å²) in [6.45, 7) is 4.17. The van der Waals surface area contributed by atoms with Crippen LogP contribution in [0.25, 0.3) is 5.69 Å². The third-order valence-electron chi connectivity index (χ3n) is 3.97. The van der Waals surface area contributed by atoms with E-state index in [1.54, 1.807) is 0 Å². The second-order valence-corrected chi connectivity index (χ2v) is 5.80. The zero-order chi connectivity index (χ0) is 13.6. The number of hydrogen-bond donors (Lipinski definition) is 1. The van der Waals surface area contributed by atoms with E-state index in [2.05, 4.69) is 30.5 Å². The first-order chi connectivity index (χ1) is 9.08. The third kappa shape index (κ3) is 2.09. The lowest BCUT2D eigenvalue weighted by Gasteiger charge is -2.21. The van der Waals surface area contributed by atoms with Crippen molar-refractivity contribution in [3.8, 4) is 5.69 Å². The molecule has 1 N–H and O–H groups in total. The number of rotatable bonds is 1. The van der Waals surface area contributed by atoms with Crippen LogP contribution >= 0.6 is 11.6 Å². The van der Waals surface area contributed by atoms with Gasteiger partial charge in [-0.05, 0) is 62.9 Å². The van der Waals surface area contributed by atoms with Crippen molar-refractivity contribution in [2.75, 3.05) is 0 Å². The van der Waals surface area contributed by atoms with Gasteiger partial charge in [0.1, 0.15) is 0 Å². The predicted molar refractivity (Wildman–Crippen MR) is 78.2 cm³/mol. The average Bonchev–Trinajstić information content (AvgIpc) is 2.68. The smallest absolute Gasteiger partial charge is 0.0807 e. The van der Waals surface area contributed by atoms with Gasteiger partial charge < -0.3 is 9.67 Å². The first kappa shape index (κ1) is 12.8. The molecule has 1 aromatic heterocycles. The fraction of sp³-hybridized carbons (Fsp3) is 0.375. The van der Waals surface area contributed by atoms with Gasteiger partial charge in [-0.3, -0.25) is 0 Å². The molecule has 0 saturated carbocycles. The summed E-state index contributed by atoms with van der Waals surface area (Å²) in [4.78, 5) is 0. The maximum absolute atomic E-state index is 10.1. The fourth-order valence-corrected chi connectivity index (χ4v) is 3.31. The van der Waals surface area contributed by atoms with E-state index >= 15 is 0 Å². The molecule has 1 aromatic carbocycles. The van der Waals surface area contributed by atoms with Crippen LogP contribution in [0.4, 0.5) is 0 Å². The van der Waals surface area contributed by atoms with Gasteiger partial charge in [0.15, 0.2) is 0 Å². The second kappa shape index (κ2) is 4.69. The van der Waals surface area contributed by atoms with Crippen molar-refractivity contribution in [2.45, 2.75) is 39.2 Å². The topological polar surface area (TPSA) is 25.2 Å². The summed E-state index contributed by atoms with van der Waals surface area (Å²) >= 11 is 6.04. The lowest BCUT2D eigenvalue weighted by molar-refractivity contribution is 0.156. The molecule has 3 rings (SSSR count). The predicted octanol–water partition coefficient (Wildman–Crippen LogP) is 4.12. The molecule has 0 saturated heterocycles. The van der Waals surface area contributed by atoms with Crippen LogP contribution in [0.15, 0.2) is 24.3 Å². The van der Waals surface area contributed by atoms with E-state index in [1.165, 1.54) is 11.4 Å². The summed E-state index contributed by atoms with van der Waals surface area (Å²) in [6.07, 6.45) is 2.64. The first-order valence-electron chi connectivity index (χ1n) is 6.73. The Morgan fingerprint density at radius 2 is 2.05 bits per heavy atom. The molecule has 1 aliphatic rings. The maximum Gasteiger partial charge on any atom is 0.0807 e. The highest BCUT2D eigenvalue weighted by Gasteiger charge is 2.24. The van der Waals surface area contributed by atoms with Gasteiger partial charge >= 0.3 is 0 Å². The fourth-order valence-electron chi connectivity index (χ4n) is 3.08. The second-order valence-electron chi connectivity index (χ2n) is 5.36. The first-order valence-corrected chi connectivity index (χ1v) is 7.11. The Morgan fingerprint density at radius 1 is 1.26 bits per heavy atom. The van der Waals surface area contributed by atoms with Gasteiger partial charge in [-0.25, -0.2) is 0 Å². The molecule has 1 atom stereocenters.